The number of aromatic amines is 1. The van der Waals surface area contributed by atoms with Crippen molar-refractivity contribution in [2.75, 3.05) is 6.54 Å². The molecule has 1 saturated heterocycles. The molecule has 1 fully saturated rings. The van der Waals surface area contributed by atoms with Gasteiger partial charge in [0.15, 0.2) is 5.82 Å². The highest BCUT2D eigenvalue weighted by molar-refractivity contribution is 5.97. The highest BCUT2D eigenvalue weighted by atomic mass is 16.2. The molecule has 1 aromatic heterocycles. The Morgan fingerprint density at radius 2 is 1.91 bits per heavy atom. The van der Waals surface area contributed by atoms with Crippen LogP contribution in [0.1, 0.15) is 57.7 Å². The van der Waals surface area contributed by atoms with Gasteiger partial charge in [-0.05, 0) is 50.5 Å². The van der Waals surface area contributed by atoms with Gasteiger partial charge in [-0.25, -0.2) is 4.98 Å². The highest BCUT2D eigenvalue weighted by Gasteiger charge is 2.31. The lowest BCUT2D eigenvalue weighted by atomic mass is 10.00. The number of aryl methyl sites for hydroxylation is 1. The number of likely N-dealkylation sites (tertiary alicyclic amines) is 1. The lowest BCUT2D eigenvalue weighted by Crippen LogP contribution is -2.39. The maximum atomic E-state index is 12.8. The highest BCUT2D eigenvalue weighted by Crippen LogP contribution is 2.30. The fraction of sp³-hybridized carbons (Fsp3) is 0.375. The average Bonchev–Trinajstić information content (AvgIpc) is 3.00. The predicted molar refractivity (Wildman–Crippen MR) is 83.7 cm³/mol. The number of aromatic nitrogens is 3. The van der Waals surface area contributed by atoms with Crippen molar-refractivity contribution >= 4 is 11.8 Å². The Hall–Kier alpha value is -2.70. The maximum absolute atomic E-state index is 12.8. The summed E-state index contributed by atoms with van der Waals surface area (Å²) in [7, 11) is 0. The van der Waals surface area contributed by atoms with E-state index < -0.39 is 5.91 Å². The molecular formula is C16H19N5O2. The number of rotatable bonds is 3. The maximum Gasteiger partial charge on any atom is 0.254 e. The van der Waals surface area contributed by atoms with Crippen molar-refractivity contribution in [1.82, 2.24) is 20.1 Å². The number of hydrogen-bond donors (Lipinski definition) is 2. The lowest BCUT2D eigenvalue weighted by molar-refractivity contribution is 0.0600. The second kappa shape index (κ2) is 6.20. The van der Waals surface area contributed by atoms with Crippen LogP contribution in [0.4, 0.5) is 0 Å². The summed E-state index contributed by atoms with van der Waals surface area (Å²) < 4.78 is 0. The SMILES string of the molecule is Cc1nc(C2CCCCN2C(=O)c2ccc(C(N)=O)cc2)n[nH]1. The third kappa shape index (κ3) is 3.08. The van der Waals surface area contributed by atoms with E-state index in [9.17, 15) is 9.59 Å². The van der Waals surface area contributed by atoms with Crippen molar-refractivity contribution in [3.8, 4) is 0 Å². The van der Waals surface area contributed by atoms with Crippen LogP contribution in [-0.4, -0.2) is 38.4 Å². The summed E-state index contributed by atoms with van der Waals surface area (Å²) in [5, 5.41) is 7.05. The quantitative estimate of drug-likeness (QED) is 0.897. The molecule has 0 bridgehead atoms. The minimum absolute atomic E-state index is 0.0758. The Bertz CT molecular complexity index is 722. The molecule has 7 nitrogen and oxygen atoms in total. The van der Waals surface area contributed by atoms with Gasteiger partial charge in [0.1, 0.15) is 5.82 Å². The summed E-state index contributed by atoms with van der Waals surface area (Å²) in [6.07, 6.45) is 2.86. The zero-order chi connectivity index (χ0) is 16.4. The van der Waals surface area contributed by atoms with E-state index in [1.165, 1.54) is 0 Å². The Kier molecular flexibility index (Phi) is 4.10. The molecule has 1 unspecified atom stereocenters. The molecule has 2 aromatic rings. The molecule has 1 aliphatic rings. The van der Waals surface area contributed by atoms with Crippen LogP contribution in [0.25, 0.3) is 0 Å². The molecular weight excluding hydrogens is 294 g/mol. The minimum Gasteiger partial charge on any atom is -0.366 e. The first-order chi connectivity index (χ1) is 11.1. The molecule has 3 rings (SSSR count). The van der Waals surface area contributed by atoms with Gasteiger partial charge in [0.25, 0.3) is 5.91 Å². The van der Waals surface area contributed by atoms with Gasteiger partial charge in [-0.1, -0.05) is 0 Å². The monoisotopic (exact) mass is 313 g/mol. The first kappa shape index (κ1) is 15.2. The molecule has 7 heteroatoms. The summed E-state index contributed by atoms with van der Waals surface area (Å²) in [5.41, 5.74) is 6.16. The first-order valence-electron chi connectivity index (χ1n) is 7.66. The van der Waals surface area contributed by atoms with Gasteiger partial charge in [-0.2, -0.15) is 5.10 Å². The molecule has 2 amide bonds. The van der Waals surface area contributed by atoms with Crippen molar-refractivity contribution in [3.63, 3.8) is 0 Å². The molecule has 1 aromatic carbocycles. The van der Waals surface area contributed by atoms with E-state index in [2.05, 4.69) is 15.2 Å². The summed E-state index contributed by atoms with van der Waals surface area (Å²) in [6, 6.07) is 6.31. The lowest BCUT2D eigenvalue weighted by Gasteiger charge is -2.34. The van der Waals surface area contributed by atoms with E-state index in [0.717, 1.165) is 25.1 Å². The van der Waals surface area contributed by atoms with Crippen molar-refractivity contribution in [2.45, 2.75) is 32.2 Å². The normalized spacial score (nSPS) is 18.0. The predicted octanol–water partition coefficient (Wildman–Crippen LogP) is 1.58. The number of benzene rings is 1. The second-order valence-corrected chi connectivity index (χ2v) is 5.73. The Morgan fingerprint density at radius 3 is 2.52 bits per heavy atom. The number of H-pyrrole nitrogens is 1. The Balaban J connectivity index is 1.85. The van der Waals surface area contributed by atoms with E-state index >= 15 is 0 Å². The van der Waals surface area contributed by atoms with Crippen LogP contribution in [-0.2, 0) is 0 Å². The molecule has 1 aliphatic heterocycles. The van der Waals surface area contributed by atoms with E-state index in [1.807, 2.05) is 11.8 Å². The number of nitrogens with one attached hydrogen (secondary N) is 1. The number of amides is 2. The zero-order valence-corrected chi connectivity index (χ0v) is 13.0. The van der Waals surface area contributed by atoms with Gasteiger partial charge in [0, 0.05) is 17.7 Å². The number of primary amides is 1. The largest absolute Gasteiger partial charge is 0.366 e. The number of carbonyl (C=O) groups excluding carboxylic acids is 2. The molecule has 0 saturated carbocycles. The Labute approximate surface area is 133 Å². The fourth-order valence-electron chi connectivity index (χ4n) is 2.89. The van der Waals surface area contributed by atoms with Gasteiger partial charge >= 0.3 is 0 Å². The summed E-state index contributed by atoms with van der Waals surface area (Å²) in [6.45, 7) is 2.52. The van der Waals surface area contributed by atoms with Crippen molar-refractivity contribution in [3.05, 3.63) is 47.0 Å². The molecule has 23 heavy (non-hydrogen) atoms. The van der Waals surface area contributed by atoms with Crippen LogP contribution in [0.5, 0.6) is 0 Å². The molecule has 1 atom stereocenters. The van der Waals surface area contributed by atoms with Crippen molar-refractivity contribution in [1.29, 1.82) is 0 Å². The number of piperidine rings is 1. The number of hydrogen-bond acceptors (Lipinski definition) is 4. The summed E-state index contributed by atoms with van der Waals surface area (Å²) >= 11 is 0. The van der Waals surface area contributed by atoms with Gasteiger partial charge in [-0.3, -0.25) is 14.7 Å². The van der Waals surface area contributed by atoms with Gasteiger partial charge in [0.2, 0.25) is 5.91 Å². The smallest absolute Gasteiger partial charge is 0.254 e. The zero-order valence-electron chi connectivity index (χ0n) is 13.0. The van der Waals surface area contributed by atoms with Gasteiger partial charge in [-0.15, -0.1) is 0 Å². The van der Waals surface area contributed by atoms with Crippen LogP contribution >= 0.6 is 0 Å². The molecule has 0 aliphatic carbocycles. The van der Waals surface area contributed by atoms with Crippen LogP contribution in [0, 0.1) is 6.92 Å². The third-order valence-electron chi connectivity index (χ3n) is 4.09. The fourth-order valence-corrected chi connectivity index (χ4v) is 2.89. The summed E-state index contributed by atoms with van der Waals surface area (Å²) in [4.78, 5) is 30.1. The van der Waals surface area contributed by atoms with Crippen LogP contribution < -0.4 is 5.73 Å². The average molecular weight is 313 g/mol. The minimum atomic E-state index is -0.504. The molecule has 0 spiro atoms. The number of carbonyl (C=O) groups is 2. The standard InChI is InChI=1S/C16H19N5O2/c1-10-18-15(20-19-10)13-4-2-3-9-21(13)16(23)12-7-5-11(6-8-12)14(17)22/h5-8,13H,2-4,9H2,1H3,(H2,17,22)(H,18,19,20). The van der Waals surface area contributed by atoms with E-state index in [1.54, 1.807) is 24.3 Å². The van der Waals surface area contributed by atoms with Crippen molar-refractivity contribution in [2.24, 2.45) is 5.73 Å². The summed E-state index contributed by atoms with van der Waals surface area (Å²) in [5.74, 6) is 0.817. The Morgan fingerprint density at radius 1 is 1.22 bits per heavy atom. The topological polar surface area (TPSA) is 105 Å². The van der Waals surface area contributed by atoms with Crippen LogP contribution in [0.2, 0.25) is 0 Å². The molecule has 3 N–H and O–H groups in total. The van der Waals surface area contributed by atoms with E-state index in [0.29, 0.717) is 23.5 Å². The van der Waals surface area contributed by atoms with Gasteiger partial charge in [0.05, 0.1) is 6.04 Å². The van der Waals surface area contributed by atoms with Crippen LogP contribution in [0.3, 0.4) is 0 Å². The molecule has 2 heterocycles. The molecule has 120 valence electrons. The second-order valence-electron chi connectivity index (χ2n) is 5.73. The number of nitrogens with two attached hydrogens (primary N) is 1. The van der Waals surface area contributed by atoms with E-state index in [-0.39, 0.29) is 11.9 Å². The third-order valence-corrected chi connectivity index (χ3v) is 4.09. The van der Waals surface area contributed by atoms with Crippen molar-refractivity contribution < 1.29 is 9.59 Å². The van der Waals surface area contributed by atoms with Crippen LogP contribution in [0.15, 0.2) is 24.3 Å². The van der Waals surface area contributed by atoms with E-state index in [4.69, 9.17) is 5.73 Å². The molecule has 0 radical (unpaired) electrons. The van der Waals surface area contributed by atoms with Gasteiger partial charge < -0.3 is 10.6 Å². The number of nitrogens with zero attached hydrogens (tertiary/aromatic N) is 3. The first-order valence-corrected chi connectivity index (χ1v) is 7.66.